The van der Waals surface area contributed by atoms with Crippen molar-refractivity contribution in [2.45, 2.75) is 46.0 Å². The van der Waals surface area contributed by atoms with E-state index in [1.165, 1.54) is 43.9 Å². The SMILES string of the molecule is CCCCCCC.ClCSCCl. The number of thioether (sulfide) groups is 1. The number of rotatable bonds is 6. The van der Waals surface area contributed by atoms with E-state index < -0.39 is 0 Å². The van der Waals surface area contributed by atoms with Crippen molar-refractivity contribution in [2.24, 2.45) is 0 Å². The largest absolute Gasteiger partial charge is 0.129 e. The molecular weight excluding hydrogens is 211 g/mol. The number of halogens is 2. The Bertz CT molecular complexity index is 54.5. The molecule has 76 valence electrons. The van der Waals surface area contributed by atoms with E-state index in [0.717, 1.165) is 0 Å². The van der Waals surface area contributed by atoms with Crippen molar-refractivity contribution in [3.8, 4) is 0 Å². The van der Waals surface area contributed by atoms with Gasteiger partial charge in [0, 0.05) is 0 Å². The molecule has 0 aromatic rings. The van der Waals surface area contributed by atoms with Crippen LogP contribution in [0.5, 0.6) is 0 Å². The minimum atomic E-state index is 0.601. The Balaban J connectivity index is 0. The molecule has 0 aromatic carbocycles. The van der Waals surface area contributed by atoms with E-state index in [1.54, 1.807) is 0 Å². The van der Waals surface area contributed by atoms with Crippen molar-refractivity contribution in [3.05, 3.63) is 0 Å². The van der Waals surface area contributed by atoms with Crippen LogP contribution in [0.15, 0.2) is 0 Å². The Labute approximate surface area is 91.4 Å². The summed E-state index contributed by atoms with van der Waals surface area (Å²) in [6.07, 6.45) is 7.01. The van der Waals surface area contributed by atoms with E-state index in [9.17, 15) is 0 Å². The van der Waals surface area contributed by atoms with Gasteiger partial charge in [-0.25, -0.2) is 0 Å². The second-order valence-electron chi connectivity index (χ2n) is 2.48. The smallest absolute Gasteiger partial charge is 0.0692 e. The van der Waals surface area contributed by atoms with Crippen LogP contribution in [0, 0.1) is 0 Å². The molecule has 0 amide bonds. The second-order valence-corrected chi connectivity index (χ2v) is 4.64. The number of unbranched alkanes of at least 4 members (excludes halogenated alkanes) is 4. The fourth-order valence-corrected chi connectivity index (χ4v) is 1.46. The maximum absolute atomic E-state index is 5.18. The summed E-state index contributed by atoms with van der Waals surface area (Å²) in [4.78, 5) is 0. The first-order valence-electron chi connectivity index (χ1n) is 4.53. The van der Waals surface area contributed by atoms with Crippen LogP contribution in [0.3, 0.4) is 0 Å². The highest BCUT2D eigenvalue weighted by Gasteiger charge is 1.80. The van der Waals surface area contributed by atoms with Crippen LogP contribution in [0.1, 0.15) is 46.0 Å². The number of hydrogen-bond donors (Lipinski definition) is 0. The van der Waals surface area contributed by atoms with Crippen molar-refractivity contribution < 1.29 is 0 Å². The van der Waals surface area contributed by atoms with Crippen molar-refractivity contribution in [2.75, 3.05) is 10.4 Å². The third-order valence-corrected chi connectivity index (χ3v) is 2.60. The van der Waals surface area contributed by atoms with Gasteiger partial charge in [-0.3, -0.25) is 0 Å². The molecule has 0 heterocycles. The van der Waals surface area contributed by atoms with Gasteiger partial charge in [0.05, 0.1) is 10.4 Å². The first kappa shape index (κ1) is 15.4. The fraction of sp³-hybridized carbons (Fsp3) is 1.00. The van der Waals surface area contributed by atoms with Crippen LogP contribution >= 0.6 is 35.0 Å². The third-order valence-electron chi connectivity index (χ3n) is 1.36. The lowest BCUT2D eigenvalue weighted by Crippen LogP contribution is -1.70. The average Bonchev–Trinajstić information content (AvgIpc) is 2.08. The standard InChI is InChI=1S/C7H16.C2H4Cl2S/c1-3-5-7-6-4-2;3-1-5-2-4/h3-7H2,1-2H3;1-2H2. The molecule has 0 saturated heterocycles. The fourth-order valence-electron chi connectivity index (χ4n) is 0.706. The monoisotopic (exact) mass is 230 g/mol. The summed E-state index contributed by atoms with van der Waals surface area (Å²) in [5, 5.41) is 1.20. The normalized spacial score (nSPS) is 9.00. The van der Waals surface area contributed by atoms with Crippen LogP contribution in [-0.4, -0.2) is 10.4 Å². The molecule has 0 aliphatic heterocycles. The molecule has 0 spiro atoms. The second kappa shape index (κ2) is 17.9. The van der Waals surface area contributed by atoms with Gasteiger partial charge in [0.15, 0.2) is 0 Å². The quantitative estimate of drug-likeness (QED) is 0.453. The first-order chi connectivity index (χ1) is 5.83. The molecule has 0 aromatic heterocycles. The van der Waals surface area contributed by atoms with Crippen molar-refractivity contribution >= 4 is 35.0 Å². The summed E-state index contributed by atoms with van der Waals surface area (Å²) in [7, 11) is 0. The lowest BCUT2D eigenvalue weighted by atomic mass is 10.2. The summed E-state index contributed by atoms with van der Waals surface area (Å²) in [5.74, 6) is 0. The maximum Gasteiger partial charge on any atom is 0.0692 e. The summed E-state index contributed by atoms with van der Waals surface area (Å²) >= 11 is 11.9. The van der Waals surface area contributed by atoms with Crippen LogP contribution in [0.25, 0.3) is 0 Å². The minimum Gasteiger partial charge on any atom is -0.129 e. The van der Waals surface area contributed by atoms with E-state index in [1.807, 2.05) is 0 Å². The summed E-state index contributed by atoms with van der Waals surface area (Å²) < 4.78 is 0. The van der Waals surface area contributed by atoms with E-state index >= 15 is 0 Å². The zero-order valence-corrected chi connectivity index (χ0v) is 10.4. The van der Waals surface area contributed by atoms with Gasteiger partial charge in [0.2, 0.25) is 0 Å². The Morgan fingerprint density at radius 1 is 0.833 bits per heavy atom. The Hall–Kier alpha value is 0.930. The van der Waals surface area contributed by atoms with Gasteiger partial charge in [-0.05, 0) is 0 Å². The minimum absolute atomic E-state index is 0.601. The van der Waals surface area contributed by atoms with E-state index in [2.05, 4.69) is 13.8 Å². The van der Waals surface area contributed by atoms with Crippen LogP contribution in [-0.2, 0) is 0 Å². The van der Waals surface area contributed by atoms with Crippen LogP contribution in [0.4, 0.5) is 0 Å². The summed E-state index contributed by atoms with van der Waals surface area (Å²) in [6, 6.07) is 0. The molecule has 0 saturated carbocycles. The van der Waals surface area contributed by atoms with Gasteiger partial charge in [0.25, 0.3) is 0 Å². The molecule has 0 aliphatic rings. The molecule has 0 atom stereocenters. The Morgan fingerprint density at radius 3 is 1.42 bits per heavy atom. The third kappa shape index (κ3) is 22.4. The van der Waals surface area contributed by atoms with Gasteiger partial charge in [-0.1, -0.05) is 46.0 Å². The predicted octanol–water partition coefficient (Wildman–Crippen LogP) is 5.09. The van der Waals surface area contributed by atoms with Crippen LogP contribution in [0.2, 0.25) is 0 Å². The van der Waals surface area contributed by atoms with E-state index in [-0.39, 0.29) is 0 Å². The molecule has 0 nitrogen and oxygen atoms in total. The predicted molar refractivity (Wildman–Crippen MR) is 63.5 cm³/mol. The molecule has 0 radical (unpaired) electrons. The molecular formula is C9H20Cl2S. The lowest BCUT2D eigenvalue weighted by molar-refractivity contribution is 0.656. The van der Waals surface area contributed by atoms with Gasteiger partial charge < -0.3 is 0 Å². The first-order valence-corrected chi connectivity index (χ1v) is 6.75. The molecule has 0 rings (SSSR count). The van der Waals surface area contributed by atoms with E-state index in [4.69, 9.17) is 23.2 Å². The van der Waals surface area contributed by atoms with Gasteiger partial charge in [0.1, 0.15) is 0 Å². The van der Waals surface area contributed by atoms with Crippen molar-refractivity contribution in [1.29, 1.82) is 0 Å². The molecule has 0 aliphatic carbocycles. The summed E-state index contributed by atoms with van der Waals surface area (Å²) in [6.45, 7) is 4.49. The zero-order valence-electron chi connectivity index (χ0n) is 8.11. The highest BCUT2D eigenvalue weighted by atomic mass is 35.5. The van der Waals surface area contributed by atoms with Crippen molar-refractivity contribution in [1.82, 2.24) is 0 Å². The highest BCUT2D eigenvalue weighted by molar-refractivity contribution is 8.01. The molecule has 0 fully saturated rings. The van der Waals surface area contributed by atoms with Gasteiger partial charge in [-0.2, -0.15) is 0 Å². The average molecular weight is 231 g/mol. The topological polar surface area (TPSA) is 0 Å². The zero-order chi connectivity index (χ0) is 9.66. The number of alkyl halides is 2. The Morgan fingerprint density at radius 2 is 1.25 bits per heavy atom. The Kier molecular flexibility index (Phi) is 22.9. The molecule has 12 heavy (non-hydrogen) atoms. The highest BCUT2D eigenvalue weighted by Crippen LogP contribution is 2.02. The maximum atomic E-state index is 5.18. The summed E-state index contributed by atoms with van der Waals surface area (Å²) in [5.41, 5.74) is 0. The molecule has 0 bridgehead atoms. The van der Waals surface area contributed by atoms with Gasteiger partial charge >= 0.3 is 0 Å². The molecule has 0 unspecified atom stereocenters. The lowest BCUT2D eigenvalue weighted by Gasteiger charge is -1.90. The molecule has 3 heteroatoms. The number of hydrogen-bond acceptors (Lipinski definition) is 1. The van der Waals surface area contributed by atoms with Crippen LogP contribution < -0.4 is 0 Å². The van der Waals surface area contributed by atoms with Crippen molar-refractivity contribution in [3.63, 3.8) is 0 Å². The van der Waals surface area contributed by atoms with Gasteiger partial charge in [-0.15, -0.1) is 35.0 Å². The molecule has 0 N–H and O–H groups in total. The van der Waals surface area contributed by atoms with E-state index in [0.29, 0.717) is 10.4 Å².